The van der Waals surface area contributed by atoms with Gasteiger partial charge in [-0.1, -0.05) is 24.3 Å². The van der Waals surface area contributed by atoms with Crippen LogP contribution < -0.4 is 4.90 Å². The maximum atomic E-state index is 15.4. The normalized spacial score (nSPS) is 13.2. The van der Waals surface area contributed by atoms with Gasteiger partial charge in [0, 0.05) is 28.4 Å². The largest absolute Gasteiger partial charge is 0.468 e. The first-order valence-corrected chi connectivity index (χ1v) is 13.0. The van der Waals surface area contributed by atoms with Crippen molar-refractivity contribution in [3.63, 3.8) is 0 Å². The fourth-order valence-electron chi connectivity index (χ4n) is 3.88. The average molecular weight is 547 g/mol. The summed E-state index contributed by atoms with van der Waals surface area (Å²) in [6.07, 6.45) is 6.90. The zero-order valence-corrected chi connectivity index (χ0v) is 22.3. The van der Waals surface area contributed by atoms with E-state index in [-0.39, 0.29) is 29.6 Å². The zero-order valence-electron chi connectivity index (χ0n) is 20.7. The number of aryl methyl sites for hydroxylation is 1. The zero-order chi connectivity index (χ0) is 26.9. The van der Waals surface area contributed by atoms with Crippen molar-refractivity contribution in [2.24, 2.45) is 0 Å². The van der Waals surface area contributed by atoms with Crippen LogP contribution in [0.1, 0.15) is 36.8 Å². The number of hydrogen-bond acceptors (Lipinski definition) is 7. The van der Waals surface area contributed by atoms with Crippen LogP contribution in [-0.2, 0) is 30.4 Å². The third-order valence-corrected chi connectivity index (χ3v) is 7.34. The minimum atomic E-state index is -0.713. The summed E-state index contributed by atoms with van der Waals surface area (Å²) in [6, 6.07) is 4.35. The van der Waals surface area contributed by atoms with Crippen LogP contribution in [0.3, 0.4) is 0 Å². The number of carbonyl (C=O) groups excluding carboxylic acids is 3. The number of hydrogen-bond donors (Lipinski definition) is 0. The lowest BCUT2D eigenvalue weighted by Gasteiger charge is -2.28. The molecule has 0 aliphatic heterocycles. The van der Waals surface area contributed by atoms with Gasteiger partial charge in [-0.2, -0.15) is 0 Å². The third kappa shape index (κ3) is 7.20. The maximum Gasteiger partial charge on any atom is 0.334 e. The number of aromatic nitrogens is 1. The minimum absolute atomic E-state index is 0.0106. The third-order valence-electron chi connectivity index (χ3n) is 5.89. The second-order valence-electron chi connectivity index (χ2n) is 8.34. The molecule has 0 N–H and O–H groups in total. The van der Waals surface area contributed by atoms with E-state index in [9.17, 15) is 14.4 Å². The quantitative estimate of drug-likeness (QED) is 0.218. The van der Waals surface area contributed by atoms with Crippen LogP contribution in [-0.4, -0.2) is 42.3 Å². The molecular formula is C27H28ClFN2O5S. The number of thioether (sulfide) groups is 1. The Morgan fingerprint density at radius 3 is 2.65 bits per heavy atom. The van der Waals surface area contributed by atoms with Crippen molar-refractivity contribution >= 4 is 46.9 Å². The molecule has 1 aliphatic carbocycles. The number of methoxy groups -OCH3 is 1. The summed E-state index contributed by atoms with van der Waals surface area (Å²) in [5.41, 5.74) is 2.13. The fraction of sp³-hybridized carbons (Fsp3) is 0.333. The van der Waals surface area contributed by atoms with Crippen LogP contribution in [0.5, 0.6) is 0 Å². The highest BCUT2D eigenvalue weighted by atomic mass is 35.5. The number of rotatable bonds is 10. The van der Waals surface area contributed by atoms with Gasteiger partial charge < -0.3 is 14.4 Å². The van der Waals surface area contributed by atoms with E-state index in [1.165, 1.54) is 24.2 Å². The van der Waals surface area contributed by atoms with E-state index in [2.05, 4.69) is 16.3 Å². The summed E-state index contributed by atoms with van der Waals surface area (Å²) in [4.78, 5) is 44.3. The molecule has 10 heteroatoms. The summed E-state index contributed by atoms with van der Waals surface area (Å²) in [5, 5.41) is 0.102. The van der Waals surface area contributed by atoms with Gasteiger partial charge in [0.25, 0.3) is 5.91 Å². The van der Waals surface area contributed by atoms with Crippen molar-refractivity contribution in [2.75, 3.05) is 24.4 Å². The number of pyridine rings is 1. The molecule has 0 saturated heterocycles. The molecule has 1 amide bonds. The van der Waals surface area contributed by atoms with Gasteiger partial charge >= 0.3 is 11.9 Å². The van der Waals surface area contributed by atoms with Crippen molar-refractivity contribution in [3.8, 4) is 0 Å². The summed E-state index contributed by atoms with van der Waals surface area (Å²) in [7, 11) is 1.27. The molecule has 1 aromatic carbocycles. The van der Waals surface area contributed by atoms with Crippen LogP contribution in [0.15, 0.2) is 59.3 Å². The highest BCUT2D eigenvalue weighted by Crippen LogP contribution is 2.36. The molecule has 0 atom stereocenters. The van der Waals surface area contributed by atoms with Crippen molar-refractivity contribution in [2.45, 2.75) is 44.0 Å². The molecule has 37 heavy (non-hydrogen) atoms. The van der Waals surface area contributed by atoms with Crippen molar-refractivity contribution in [1.82, 2.24) is 4.98 Å². The number of ether oxygens (including phenoxy) is 2. The molecule has 0 spiro atoms. The minimum Gasteiger partial charge on any atom is -0.468 e. The van der Waals surface area contributed by atoms with Gasteiger partial charge in [0.15, 0.2) is 0 Å². The molecule has 2 aromatic rings. The summed E-state index contributed by atoms with van der Waals surface area (Å²) in [5.74, 6) is -2.30. The van der Waals surface area contributed by atoms with Crippen molar-refractivity contribution in [1.29, 1.82) is 0 Å². The Morgan fingerprint density at radius 1 is 1.24 bits per heavy atom. The van der Waals surface area contributed by atoms with Gasteiger partial charge in [0.05, 0.1) is 30.1 Å². The average Bonchev–Trinajstić information content (AvgIpc) is 2.90. The molecule has 1 aromatic heterocycles. The summed E-state index contributed by atoms with van der Waals surface area (Å²) >= 11 is 7.33. The Bertz CT molecular complexity index is 1230. The Morgan fingerprint density at radius 2 is 1.97 bits per heavy atom. The van der Waals surface area contributed by atoms with E-state index in [0.29, 0.717) is 40.9 Å². The van der Waals surface area contributed by atoms with Gasteiger partial charge in [0.1, 0.15) is 12.4 Å². The summed E-state index contributed by atoms with van der Waals surface area (Å²) < 4.78 is 25.3. The number of anilines is 1. The van der Waals surface area contributed by atoms with Crippen LogP contribution >= 0.6 is 23.4 Å². The Hall–Kier alpha value is -3.17. The number of carbonyl (C=O) groups is 3. The molecular weight excluding hydrogens is 519 g/mol. The number of amides is 1. The van der Waals surface area contributed by atoms with Crippen LogP contribution in [0, 0.1) is 12.7 Å². The monoisotopic (exact) mass is 546 g/mol. The highest BCUT2D eigenvalue weighted by Gasteiger charge is 2.31. The van der Waals surface area contributed by atoms with E-state index < -0.39 is 23.7 Å². The number of esters is 2. The molecule has 196 valence electrons. The number of halogens is 2. The van der Waals surface area contributed by atoms with Gasteiger partial charge in [0.2, 0.25) is 0 Å². The van der Waals surface area contributed by atoms with Crippen LogP contribution in [0.2, 0.25) is 5.02 Å². The van der Waals surface area contributed by atoms with Crippen LogP contribution in [0.25, 0.3) is 0 Å². The lowest BCUT2D eigenvalue weighted by molar-refractivity contribution is -0.138. The molecule has 1 heterocycles. The molecule has 0 radical (unpaired) electrons. The molecule has 3 rings (SSSR count). The van der Waals surface area contributed by atoms with Gasteiger partial charge in [-0.25, -0.2) is 9.18 Å². The number of benzene rings is 1. The maximum absolute atomic E-state index is 15.4. The lowest BCUT2D eigenvalue weighted by Crippen LogP contribution is -2.35. The van der Waals surface area contributed by atoms with Crippen LogP contribution in [0.4, 0.5) is 10.1 Å². The fourth-order valence-corrected chi connectivity index (χ4v) is 4.98. The van der Waals surface area contributed by atoms with E-state index in [1.54, 1.807) is 18.5 Å². The van der Waals surface area contributed by atoms with E-state index >= 15 is 4.39 Å². The standard InChI is InChI=1S/C27H28ClFN2O5S/c1-4-11-36-27(34)20-8-6-5-7-19(20)26(33)31(15-18-14-30-10-9-17(18)2)23-13-24(21(28)12-22(23)29)37-16-25(32)35-3/h4,9-10,12-14H,1,5-8,11,15-16H2,2-3H3. The molecule has 0 unspecified atom stereocenters. The van der Waals surface area contributed by atoms with Gasteiger partial charge in [-0.3, -0.25) is 14.6 Å². The second kappa shape index (κ2) is 13.4. The van der Waals surface area contributed by atoms with Gasteiger partial charge in [-0.15, -0.1) is 11.8 Å². The Kier molecular flexibility index (Phi) is 10.3. The molecule has 0 bridgehead atoms. The van der Waals surface area contributed by atoms with Crippen molar-refractivity contribution < 1.29 is 28.2 Å². The Labute approximate surface area is 224 Å². The first-order chi connectivity index (χ1) is 17.8. The van der Waals surface area contributed by atoms with E-state index in [4.69, 9.17) is 16.3 Å². The first-order valence-electron chi connectivity index (χ1n) is 11.7. The summed E-state index contributed by atoms with van der Waals surface area (Å²) in [6.45, 7) is 5.46. The predicted octanol–water partition coefficient (Wildman–Crippen LogP) is 5.58. The lowest BCUT2D eigenvalue weighted by atomic mass is 9.90. The molecule has 0 saturated carbocycles. The van der Waals surface area contributed by atoms with E-state index in [0.717, 1.165) is 29.8 Å². The predicted molar refractivity (Wildman–Crippen MR) is 141 cm³/mol. The van der Waals surface area contributed by atoms with Gasteiger partial charge in [-0.05, 0) is 61.9 Å². The molecule has 7 nitrogen and oxygen atoms in total. The first kappa shape index (κ1) is 28.4. The molecule has 1 aliphatic rings. The van der Waals surface area contributed by atoms with Crippen molar-refractivity contribution in [3.05, 3.63) is 76.4 Å². The second-order valence-corrected chi connectivity index (χ2v) is 9.77. The SMILES string of the molecule is C=CCOC(=O)C1=C(C(=O)N(Cc2cnccc2C)c2cc(SCC(=O)OC)c(Cl)cc2F)CCCC1. The Balaban J connectivity index is 2.10. The topological polar surface area (TPSA) is 85.8 Å². The smallest absolute Gasteiger partial charge is 0.334 e. The molecule has 0 fully saturated rings. The van der Waals surface area contributed by atoms with E-state index in [1.807, 2.05) is 6.92 Å². The highest BCUT2D eigenvalue weighted by molar-refractivity contribution is 8.00. The number of nitrogens with zero attached hydrogens (tertiary/aromatic N) is 2.